The molecule has 1 aliphatic carbocycles. The van der Waals surface area contributed by atoms with Crippen molar-refractivity contribution in [1.82, 2.24) is 5.32 Å². The van der Waals surface area contributed by atoms with E-state index < -0.39 is 0 Å². The first kappa shape index (κ1) is 13.9. The summed E-state index contributed by atoms with van der Waals surface area (Å²) in [5.41, 5.74) is 1.27. The molecule has 0 bridgehead atoms. The minimum atomic E-state index is 0.372. The number of halogens is 1. The van der Waals surface area contributed by atoms with E-state index in [0.717, 1.165) is 16.1 Å². The van der Waals surface area contributed by atoms with Gasteiger partial charge in [-0.15, -0.1) is 0 Å². The van der Waals surface area contributed by atoms with E-state index in [1.807, 2.05) is 20.0 Å². The zero-order valence-corrected chi connectivity index (χ0v) is 13.0. The molecule has 2 rings (SSSR count). The molecule has 100 valence electrons. The molecule has 0 aromatic heterocycles. The quantitative estimate of drug-likeness (QED) is 0.852. The fraction of sp³-hybridized carbons (Fsp3) is 0.600. The summed E-state index contributed by atoms with van der Waals surface area (Å²) >= 11 is 3.56. The molecule has 18 heavy (non-hydrogen) atoms. The average molecular weight is 312 g/mol. The van der Waals surface area contributed by atoms with Gasteiger partial charge in [0.2, 0.25) is 0 Å². The van der Waals surface area contributed by atoms with Gasteiger partial charge in [-0.2, -0.15) is 0 Å². The third-order valence-corrected chi connectivity index (χ3v) is 4.30. The fourth-order valence-electron chi connectivity index (χ4n) is 2.65. The Kier molecular flexibility index (Phi) is 4.68. The molecule has 2 nitrogen and oxygen atoms in total. The highest BCUT2D eigenvalue weighted by Crippen LogP contribution is 2.44. The second-order valence-corrected chi connectivity index (χ2v) is 5.99. The lowest BCUT2D eigenvalue weighted by Crippen LogP contribution is -2.25. The van der Waals surface area contributed by atoms with Gasteiger partial charge in [0.15, 0.2) is 0 Å². The smallest absolute Gasteiger partial charge is 0.124 e. The highest BCUT2D eigenvalue weighted by molar-refractivity contribution is 9.10. The molecule has 2 unspecified atom stereocenters. The zero-order valence-electron chi connectivity index (χ0n) is 11.4. The van der Waals surface area contributed by atoms with Crippen LogP contribution in [0.2, 0.25) is 0 Å². The first-order chi connectivity index (χ1) is 8.67. The third kappa shape index (κ3) is 3.07. The first-order valence-corrected chi connectivity index (χ1v) is 7.56. The Bertz CT molecular complexity index is 403. The van der Waals surface area contributed by atoms with E-state index in [1.54, 1.807) is 0 Å². The molecule has 2 atom stereocenters. The number of rotatable bonds is 6. The summed E-state index contributed by atoms with van der Waals surface area (Å²) in [6, 6.07) is 6.66. The topological polar surface area (TPSA) is 21.3 Å². The maximum atomic E-state index is 5.76. The van der Waals surface area contributed by atoms with Crippen molar-refractivity contribution in [3.05, 3.63) is 28.2 Å². The summed E-state index contributed by atoms with van der Waals surface area (Å²) in [5.74, 6) is 2.53. The molecule has 1 aliphatic rings. The molecule has 0 spiro atoms. The van der Waals surface area contributed by atoms with Gasteiger partial charge in [-0.05, 0) is 56.8 Å². The van der Waals surface area contributed by atoms with Crippen molar-refractivity contribution in [2.24, 2.45) is 11.8 Å². The van der Waals surface area contributed by atoms with Gasteiger partial charge in [0, 0.05) is 16.1 Å². The second-order valence-electron chi connectivity index (χ2n) is 5.08. The minimum absolute atomic E-state index is 0.372. The van der Waals surface area contributed by atoms with Gasteiger partial charge in [0.1, 0.15) is 5.75 Å². The van der Waals surface area contributed by atoms with E-state index in [9.17, 15) is 0 Å². The molecule has 0 heterocycles. The normalized spacial score (nSPS) is 18.4. The number of nitrogens with one attached hydrogen (secondary N) is 1. The van der Waals surface area contributed by atoms with Crippen molar-refractivity contribution < 1.29 is 4.74 Å². The number of hydrogen-bond donors (Lipinski definition) is 1. The van der Waals surface area contributed by atoms with E-state index >= 15 is 0 Å². The Morgan fingerprint density at radius 2 is 2.17 bits per heavy atom. The minimum Gasteiger partial charge on any atom is -0.494 e. The highest BCUT2D eigenvalue weighted by atomic mass is 79.9. The van der Waals surface area contributed by atoms with Crippen LogP contribution in [0.1, 0.15) is 38.3 Å². The Labute approximate surface area is 118 Å². The molecule has 0 aliphatic heterocycles. The fourth-order valence-corrected chi connectivity index (χ4v) is 3.02. The Balaban J connectivity index is 2.29. The first-order valence-electron chi connectivity index (χ1n) is 6.76. The molecule has 0 radical (unpaired) electrons. The van der Waals surface area contributed by atoms with E-state index in [0.29, 0.717) is 18.6 Å². The highest BCUT2D eigenvalue weighted by Gasteiger charge is 2.34. The van der Waals surface area contributed by atoms with Crippen molar-refractivity contribution in [3.63, 3.8) is 0 Å². The molecular weight excluding hydrogens is 290 g/mol. The van der Waals surface area contributed by atoms with Gasteiger partial charge in [-0.1, -0.05) is 22.9 Å². The van der Waals surface area contributed by atoms with Crippen LogP contribution in [0.15, 0.2) is 22.7 Å². The van der Waals surface area contributed by atoms with E-state index in [4.69, 9.17) is 4.74 Å². The summed E-state index contributed by atoms with van der Waals surface area (Å²) in [6.45, 7) is 5.09. The van der Waals surface area contributed by atoms with Crippen molar-refractivity contribution >= 4 is 15.9 Å². The average Bonchev–Trinajstić information content (AvgIpc) is 3.17. The molecule has 3 heteroatoms. The lowest BCUT2D eigenvalue weighted by molar-refractivity contribution is 0.314. The van der Waals surface area contributed by atoms with Crippen LogP contribution in [-0.2, 0) is 0 Å². The third-order valence-electron chi connectivity index (χ3n) is 3.81. The Morgan fingerprint density at radius 3 is 2.72 bits per heavy atom. The number of benzene rings is 1. The van der Waals surface area contributed by atoms with Gasteiger partial charge in [0.25, 0.3) is 0 Å². The molecule has 1 N–H and O–H groups in total. The predicted molar refractivity (Wildman–Crippen MR) is 79.0 cm³/mol. The van der Waals surface area contributed by atoms with Crippen molar-refractivity contribution in [2.75, 3.05) is 13.7 Å². The van der Waals surface area contributed by atoms with E-state index in [1.165, 1.54) is 18.4 Å². The molecule has 1 fully saturated rings. The van der Waals surface area contributed by atoms with Crippen LogP contribution < -0.4 is 10.1 Å². The van der Waals surface area contributed by atoms with E-state index in [2.05, 4.69) is 40.3 Å². The van der Waals surface area contributed by atoms with Crippen LogP contribution in [-0.4, -0.2) is 13.7 Å². The van der Waals surface area contributed by atoms with Crippen LogP contribution in [0.5, 0.6) is 5.75 Å². The molecule has 1 aromatic rings. The molecule has 1 saturated carbocycles. The maximum absolute atomic E-state index is 5.76. The van der Waals surface area contributed by atoms with Crippen molar-refractivity contribution in [2.45, 2.75) is 32.7 Å². The molecule has 0 amide bonds. The van der Waals surface area contributed by atoms with Gasteiger partial charge in [-0.25, -0.2) is 0 Å². The summed E-state index contributed by atoms with van der Waals surface area (Å²) in [6.07, 6.45) is 2.74. The number of hydrogen-bond acceptors (Lipinski definition) is 2. The summed E-state index contributed by atoms with van der Waals surface area (Å²) in [4.78, 5) is 0. The van der Waals surface area contributed by atoms with Gasteiger partial charge >= 0.3 is 0 Å². The van der Waals surface area contributed by atoms with Crippen LogP contribution in [0.4, 0.5) is 0 Å². The lowest BCUT2D eigenvalue weighted by atomic mass is 9.90. The summed E-state index contributed by atoms with van der Waals surface area (Å²) < 4.78 is 6.88. The van der Waals surface area contributed by atoms with Crippen molar-refractivity contribution in [1.29, 1.82) is 0 Å². The number of ether oxygens (including phenoxy) is 1. The van der Waals surface area contributed by atoms with Gasteiger partial charge in [0.05, 0.1) is 6.61 Å². The summed E-state index contributed by atoms with van der Waals surface area (Å²) in [5, 5.41) is 3.46. The lowest BCUT2D eigenvalue weighted by Gasteiger charge is -2.26. The SMILES string of the molecule is CCOc1ccc(Br)cc1C(NC)C(C)C1CC1. The van der Waals surface area contributed by atoms with Crippen molar-refractivity contribution in [3.8, 4) is 5.75 Å². The predicted octanol–water partition coefficient (Wildman–Crippen LogP) is 4.15. The Morgan fingerprint density at radius 1 is 1.44 bits per heavy atom. The summed E-state index contributed by atoms with van der Waals surface area (Å²) in [7, 11) is 2.04. The van der Waals surface area contributed by atoms with Crippen LogP contribution in [0.3, 0.4) is 0 Å². The van der Waals surface area contributed by atoms with E-state index in [-0.39, 0.29) is 0 Å². The second kappa shape index (κ2) is 6.07. The van der Waals surface area contributed by atoms with Crippen LogP contribution in [0, 0.1) is 11.8 Å². The molecule has 1 aromatic carbocycles. The van der Waals surface area contributed by atoms with Crippen LogP contribution in [0.25, 0.3) is 0 Å². The molecule has 0 saturated heterocycles. The standard InChI is InChI=1S/C15H22BrNO/c1-4-18-14-8-7-12(16)9-13(14)15(17-3)10(2)11-5-6-11/h7-11,15,17H,4-6H2,1-3H3. The monoisotopic (exact) mass is 311 g/mol. The maximum Gasteiger partial charge on any atom is 0.124 e. The Hall–Kier alpha value is -0.540. The molecular formula is C15H22BrNO. The van der Waals surface area contributed by atoms with Gasteiger partial charge in [-0.3, -0.25) is 0 Å². The van der Waals surface area contributed by atoms with Crippen LogP contribution >= 0.6 is 15.9 Å². The largest absolute Gasteiger partial charge is 0.494 e. The zero-order chi connectivity index (χ0) is 13.1. The van der Waals surface area contributed by atoms with Gasteiger partial charge < -0.3 is 10.1 Å².